The van der Waals surface area contributed by atoms with Gasteiger partial charge < -0.3 is 4.74 Å². The first-order valence-corrected chi connectivity index (χ1v) is 9.02. The van der Waals surface area contributed by atoms with Crippen LogP contribution in [0.3, 0.4) is 0 Å². The third-order valence-electron chi connectivity index (χ3n) is 4.05. The number of hydrogen-bond acceptors (Lipinski definition) is 3. The maximum atomic E-state index is 13.4. The van der Waals surface area contributed by atoms with E-state index in [0.29, 0.717) is 0 Å². The molecule has 0 bridgehead atoms. The Bertz CT molecular complexity index is 1210. The van der Waals surface area contributed by atoms with E-state index in [-0.39, 0.29) is 22.5 Å². The van der Waals surface area contributed by atoms with Gasteiger partial charge >= 0.3 is 12.5 Å². The van der Waals surface area contributed by atoms with Crippen molar-refractivity contribution in [3.05, 3.63) is 89.0 Å². The number of hydrogen-bond donors (Lipinski definition) is 0. The van der Waals surface area contributed by atoms with Crippen molar-refractivity contribution in [2.24, 2.45) is 9.98 Å². The molecular weight excluding hydrogens is 460 g/mol. The first-order valence-electron chi connectivity index (χ1n) is 9.02. The van der Waals surface area contributed by atoms with Crippen LogP contribution in [0.4, 0.5) is 46.5 Å². The average Bonchev–Trinajstić information content (AvgIpc) is 2.76. The molecule has 0 atom stereocenters. The molecule has 3 aromatic rings. The summed E-state index contributed by atoms with van der Waals surface area (Å²) in [6, 6.07) is 8.78. The molecular formula is C22H12F8N2O. The van der Waals surface area contributed by atoms with Crippen LogP contribution in [0.2, 0.25) is 0 Å². The fourth-order valence-electron chi connectivity index (χ4n) is 2.44. The lowest BCUT2D eigenvalue weighted by atomic mass is 10.2. The molecule has 0 saturated carbocycles. The van der Waals surface area contributed by atoms with Gasteiger partial charge in [-0.1, -0.05) is 12.1 Å². The van der Waals surface area contributed by atoms with Crippen molar-refractivity contribution in [3.63, 3.8) is 0 Å². The van der Waals surface area contributed by atoms with Gasteiger partial charge in [0, 0.05) is 12.4 Å². The maximum Gasteiger partial charge on any atom is 0.461 e. The third-order valence-corrected chi connectivity index (χ3v) is 4.05. The molecule has 0 N–H and O–H groups in total. The molecule has 3 rings (SSSR count). The zero-order valence-electron chi connectivity index (χ0n) is 16.3. The van der Waals surface area contributed by atoms with E-state index in [2.05, 4.69) is 14.7 Å². The van der Waals surface area contributed by atoms with Gasteiger partial charge in [-0.2, -0.15) is 17.6 Å². The summed E-state index contributed by atoms with van der Waals surface area (Å²) >= 11 is 0. The highest BCUT2D eigenvalue weighted by Crippen LogP contribution is 2.37. The van der Waals surface area contributed by atoms with Crippen LogP contribution in [0.15, 0.2) is 64.6 Å². The summed E-state index contributed by atoms with van der Waals surface area (Å²) in [6.45, 7) is 0. The molecule has 0 radical (unpaired) electrons. The molecule has 0 spiro atoms. The first-order chi connectivity index (χ1) is 15.5. The van der Waals surface area contributed by atoms with Crippen LogP contribution in [0.25, 0.3) is 0 Å². The molecule has 0 saturated heterocycles. The van der Waals surface area contributed by atoms with Crippen molar-refractivity contribution in [1.29, 1.82) is 0 Å². The second-order valence-corrected chi connectivity index (χ2v) is 6.48. The number of rotatable bonds is 7. The predicted octanol–water partition coefficient (Wildman–Crippen LogP) is 6.98. The Morgan fingerprint density at radius 1 is 0.697 bits per heavy atom. The van der Waals surface area contributed by atoms with E-state index in [1.165, 1.54) is 6.07 Å². The molecule has 0 aliphatic rings. The van der Waals surface area contributed by atoms with Crippen LogP contribution in [-0.4, -0.2) is 25.0 Å². The van der Waals surface area contributed by atoms with Crippen molar-refractivity contribution in [2.75, 3.05) is 0 Å². The zero-order chi connectivity index (χ0) is 24.2. The molecule has 0 aromatic heterocycles. The fourth-order valence-corrected chi connectivity index (χ4v) is 2.44. The minimum atomic E-state index is -4.83. The summed E-state index contributed by atoms with van der Waals surface area (Å²) < 4.78 is 109. The molecule has 0 aliphatic carbocycles. The highest BCUT2D eigenvalue weighted by Gasteiger charge is 2.44. The van der Waals surface area contributed by atoms with Crippen LogP contribution < -0.4 is 4.74 Å². The van der Waals surface area contributed by atoms with Crippen molar-refractivity contribution in [3.8, 4) is 5.75 Å². The molecule has 33 heavy (non-hydrogen) atoms. The van der Waals surface area contributed by atoms with E-state index >= 15 is 0 Å². The Morgan fingerprint density at radius 2 is 1.24 bits per heavy atom. The van der Waals surface area contributed by atoms with Crippen molar-refractivity contribution < 1.29 is 39.9 Å². The first kappa shape index (κ1) is 23.9. The zero-order valence-corrected chi connectivity index (χ0v) is 16.3. The molecule has 3 nitrogen and oxygen atoms in total. The average molecular weight is 472 g/mol. The Hall–Kier alpha value is -3.76. The Labute approximate surface area is 181 Å². The van der Waals surface area contributed by atoms with E-state index in [1.54, 1.807) is 0 Å². The number of nitrogens with zero attached hydrogens (tertiary/aromatic N) is 2. The van der Waals surface area contributed by atoms with E-state index in [1.807, 2.05) is 0 Å². The van der Waals surface area contributed by atoms with Crippen LogP contribution in [0.5, 0.6) is 5.75 Å². The summed E-state index contributed by atoms with van der Waals surface area (Å²) in [7, 11) is 0. The molecule has 0 amide bonds. The van der Waals surface area contributed by atoms with Crippen LogP contribution in [-0.2, 0) is 0 Å². The summed E-state index contributed by atoms with van der Waals surface area (Å²) in [5, 5.41) is 0. The van der Waals surface area contributed by atoms with Crippen LogP contribution in [0.1, 0.15) is 11.1 Å². The van der Waals surface area contributed by atoms with E-state index in [4.69, 9.17) is 0 Å². The molecule has 0 aliphatic heterocycles. The topological polar surface area (TPSA) is 34.0 Å². The number of benzene rings is 3. The van der Waals surface area contributed by atoms with Gasteiger partial charge in [0.15, 0.2) is 29.0 Å². The minimum absolute atomic E-state index is 0.0381. The smallest absolute Gasteiger partial charge is 0.426 e. The van der Waals surface area contributed by atoms with E-state index in [0.717, 1.165) is 61.0 Å². The monoisotopic (exact) mass is 472 g/mol. The van der Waals surface area contributed by atoms with Gasteiger partial charge in [-0.25, -0.2) is 17.6 Å². The lowest BCUT2D eigenvalue weighted by Crippen LogP contribution is -2.33. The molecule has 0 heterocycles. The summed E-state index contributed by atoms with van der Waals surface area (Å²) in [6.07, 6.45) is -6.86. The molecule has 0 fully saturated rings. The molecule has 172 valence electrons. The van der Waals surface area contributed by atoms with Crippen LogP contribution in [0, 0.1) is 23.3 Å². The van der Waals surface area contributed by atoms with Crippen molar-refractivity contribution >= 4 is 23.8 Å². The van der Waals surface area contributed by atoms with Crippen molar-refractivity contribution in [1.82, 2.24) is 0 Å². The van der Waals surface area contributed by atoms with Gasteiger partial charge in [0.05, 0.1) is 5.69 Å². The fraction of sp³-hybridized carbons (Fsp3) is 0.0909. The summed E-state index contributed by atoms with van der Waals surface area (Å²) in [5.74, 6) is -5.24. The second kappa shape index (κ2) is 9.80. The van der Waals surface area contributed by atoms with Gasteiger partial charge in [-0.3, -0.25) is 9.98 Å². The van der Waals surface area contributed by atoms with Gasteiger partial charge in [0.2, 0.25) is 0 Å². The SMILES string of the molecule is Fc1ccc(C=Nc2ccc(OC(F)(F)C(F)F)c(N=Cc3ccc(F)c(F)c3)c2)cc1F. The minimum Gasteiger partial charge on any atom is -0.426 e. The Kier molecular flexibility index (Phi) is 7.10. The van der Waals surface area contributed by atoms with Crippen molar-refractivity contribution in [2.45, 2.75) is 12.5 Å². The maximum absolute atomic E-state index is 13.4. The Morgan fingerprint density at radius 3 is 1.76 bits per heavy atom. The molecule has 3 aromatic carbocycles. The molecule has 11 heteroatoms. The predicted molar refractivity (Wildman–Crippen MR) is 105 cm³/mol. The highest BCUT2D eigenvalue weighted by atomic mass is 19.3. The lowest BCUT2D eigenvalue weighted by molar-refractivity contribution is -0.252. The van der Waals surface area contributed by atoms with E-state index in [9.17, 15) is 35.1 Å². The van der Waals surface area contributed by atoms with E-state index < -0.39 is 41.6 Å². The standard InChI is InChI=1S/C22H12F8N2O/c23-15-4-1-12(7-17(15)25)10-31-14-3-6-20(33-22(29,30)21(27)28)19(9-14)32-11-13-2-5-16(24)18(26)8-13/h1-11,21H. The summed E-state index contributed by atoms with van der Waals surface area (Å²) in [4.78, 5) is 7.80. The largest absolute Gasteiger partial charge is 0.461 e. The van der Waals surface area contributed by atoms with Gasteiger partial charge in [0.25, 0.3) is 0 Å². The van der Waals surface area contributed by atoms with Gasteiger partial charge in [-0.05, 0) is 53.6 Å². The summed E-state index contributed by atoms with van der Waals surface area (Å²) in [5.41, 5.74) is -0.119. The Balaban J connectivity index is 1.96. The number of alkyl halides is 4. The quantitative estimate of drug-likeness (QED) is 0.270. The van der Waals surface area contributed by atoms with Crippen LogP contribution >= 0.6 is 0 Å². The van der Waals surface area contributed by atoms with Gasteiger partial charge in [-0.15, -0.1) is 0 Å². The lowest BCUT2D eigenvalue weighted by Gasteiger charge is -2.18. The number of ether oxygens (including phenoxy) is 1. The van der Waals surface area contributed by atoms with Gasteiger partial charge in [0.1, 0.15) is 5.69 Å². The number of halogens is 8. The highest BCUT2D eigenvalue weighted by molar-refractivity contribution is 5.84. The normalized spacial score (nSPS) is 12.3. The number of aliphatic imine (C=N–C) groups is 2. The third kappa shape index (κ3) is 6.15. The second-order valence-electron chi connectivity index (χ2n) is 6.48. The molecule has 0 unspecified atom stereocenters.